The Kier molecular flexibility index (Phi) is 10.5. The highest BCUT2D eigenvalue weighted by Gasteiger charge is 2.31. The number of likely N-dealkylation sites (tertiary alicyclic amines) is 1. The van der Waals surface area contributed by atoms with Crippen molar-refractivity contribution in [2.75, 3.05) is 50.2 Å². The standard InChI is InChI=1S/C32H38F3N3O5S2/c1-31(2,3)43-30(39)38-16-13-21(14-17-38)20-37-26-9-6-8-23-24(19-32(33,34)35)28(44-29(23)26)10-7-15-36-25-12-11-22(45(5,40)41)18-27(25)42-4/h6,8-9,11-12,18,21,36-37H,13-17,19-20H2,1-5H3. The summed E-state index contributed by atoms with van der Waals surface area (Å²) in [4.78, 5) is 14.5. The van der Waals surface area contributed by atoms with Crippen molar-refractivity contribution < 1.29 is 35.9 Å². The zero-order valence-electron chi connectivity index (χ0n) is 25.9. The van der Waals surface area contributed by atoms with Crippen molar-refractivity contribution in [1.29, 1.82) is 0 Å². The minimum atomic E-state index is -4.41. The second-order valence-electron chi connectivity index (χ2n) is 12.0. The highest BCUT2D eigenvalue weighted by molar-refractivity contribution is 7.90. The number of alkyl halides is 3. The van der Waals surface area contributed by atoms with Gasteiger partial charge in [-0.2, -0.15) is 13.2 Å². The molecule has 0 atom stereocenters. The number of methoxy groups -OCH3 is 1. The van der Waals surface area contributed by atoms with E-state index in [-0.39, 0.29) is 23.1 Å². The molecule has 4 rings (SSSR count). The van der Waals surface area contributed by atoms with Crippen molar-refractivity contribution in [2.24, 2.45) is 5.92 Å². The largest absolute Gasteiger partial charge is 0.495 e. The molecule has 13 heteroatoms. The summed E-state index contributed by atoms with van der Waals surface area (Å²) in [5, 5.41) is 7.00. The summed E-state index contributed by atoms with van der Waals surface area (Å²) >= 11 is 1.22. The fourth-order valence-electron chi connectivity index (χ4n) is 5.00. The number of halogens is 3. The van der Waals surface area contributed by atoms with Gasteiger partial charge in [-0.15, -0.1) is 11.3 Å². The third-order valence-corrected chi connectivity index (χ3v) is 9.52. The van der Waals surface area contributed by atoms with E-state index in [2.05, 4.69) is 22.5 Å². The molecule has 0 unspecified atom stereocenters. The lowest BCUT2D eigenvalue weighted by atomic mass is 9.97. The highest BCUT2D eigenvalue weighted by atomic mass is 32.2. The van der Waals surface area contributed by atoms with Crippen LogP contribution < -0.4 is 15.4 Å². The molecule has 3 aromatic rings. The van der Waals surface area contributed by atoms with Crippen LogP contribution in [0.15, 0.2) is 41.3 Å². The quantitative estimate of drug-likeness (QED) is 0.252. The van der Waals surface area contributed by atoms with Gasteiger partial charge < -0.3 is 25.0 Å². The molecule has 1 aliphatic rings. The number of carbonyl (C=O) groups excluding carboxylic acids is 1. The van der Waals surface area contributed by atoms with Crippen LogP contribution in [0.5, 0.6) is 5.75 Å². The molecule has 8 nitrogen and oxygen atoms in total. The molecule has 1 amide bonds. The smallest absolute Gasteiger partial charge is 0.410 e. The molecule has 1 fully saturated rings. The molecule has 2 aromatic carbocycles. The average molecular weight is 666 g/mol. The van der Waals surface area contributed by atoms with Gasteiger partial charge in [0.1, 0.15) is 11.4 Å². The van der Waals surface area contributed by atoms with E-state index in [1.165, 1.54) is 30.6 Å². The number of hydrogen-bond donors (Lipinski definition) is 2. The summed E-state index contributed by atoms with van der Waals surface area (Å²) in [5.41, 5.74) is 0.840. The van der Waals surface area contributed by atoms with Gasteiger partial charge >= 0.3 is 12.3 Å². The lowest BCUT2D eigenvalue weighted by Crippen LogP contribution is -2.42. The topological polar surface area (TPSA) is 97.0 Å². The number of piperidine rings is 1. The van der Waals surface area contributed by atoms with E-state index in [0.29, 0.717) is 52.0 Å². The third-order valence-electron chi connectivity index (χ3n) is 7.21. The molecular formula is C32H38F3N3O5S2. The van der Waals surface area contributed by atoms with E-state index < -0.39 is 28.0 Å². The maximum absolute atomic E-state index is 13.6. The Morgan fingerprint density at radius 3 is 2.42 bits per heavy atom. The van der Waals surface area contributed by atoms with Crippen LogP contribution in [0.3, 0.4) is 0 Å². The predicted octanol–water partition coefficient (Wildman–Crippen LogP) is 6.94. The molecular weight excluding hydrogens is 627 g/mol. The van der Waals surface area contributed by atoms with Crippen LogP contribution >= 0.6 is 11.3 Å². The molecule has 1 aromatic heterocycles. The molecule has 0 spiro atoms. The Bertz CT molecular complexity index is 1690. The van der Waals surface area contributed by atoms with E-state index in [1.54, 1.807) is 23.1 Å². The van der Waals surface area contributed by atoms with E-state index in [4.69, 9.17) is 9.47 Å². The number of hydrogen-bond acceptors (Lipinski definition) is 8. The normalized spacial score (nSPS) is 14.5. The summed E-state index contributed by atoms with van der Waals surface area (Å²) in [5.74, 6) is 6.44. The molecule has 45 heavy (non-hydrogen) atoms. The van der Waals surface area contributed by atoms with Gasteiger partial charge in [-0.1, -0.05) is 24.0 Å². The SMILES string of the molecule is COc1cc(S(C)(=O)=O)ccc1NCC#Cc1sc2c(NCC3CCN(C(=O)OC(C)(C)C)CC3)cccc2c1CC(F)(F)F. The first kappa shape index (κ1) is 34.2. The van der Waals surface area contributed by atoms with Crippen LogP contribution in [-0.4, -0.2) is 70.7 Å². The Balaban J connectivity index is 1.48. The van der Waals surface area contributed by atoms with E-state index >= 15 is 0 Å². The first-order valence-electron chi connectivity index (χ1n) is 14.5. The number of carbonyl (C=O) groups is 1. The molecule has 2 N–H and O–H groups in total. The Morgan fingerprint density at radius 1 is 1.09 bits per heavy atom. The van der Waals surface area contributed by atoms with Crippen molar-refractivity contribution in [3.8, 4) is 17.6 Å². The van der Waals surface area contributed by atoms with Crippen molar-refractivity contribution >= 4 is 48.7 Å². The van der Waals surface area contributed by atoms with Gasteiger partial charge in [-0.25, -0.2) is 13.2 Å². The van der Waals surface area contributed by atoms with Gasteiger partial charge in [0.25, 0.3) is 0 Å². The third kappa shape index (κ3) is 9.43. The second kappa shape index (κ2) is 13.8. The molecule has 2 heterocycles. The van der Waals surface area contributed by atoms with E-state index in [9.17, 15) is 26.4 Å². The van der Waals surface area contributed by atoms with Crippen molar-refractivity contribution in [2.45, 2.75) is 56.7 Å². The summed E-state index contributed by atoms with van der Waals surface area (Å²) < 4.78 is 76.1. The lowest BCUT2D eigenvalue weighted by Gasteiger charge is -2.33. The molecule has 0 saturated carbocycles. The Hall–Kier alpha value is -3.63. The van der Waals surface area contributed by atoms with Crippen molar-refractivity contribution in [1.82, 2.24) is 4.90 Å². The summed E-state index contributed by atoms with van der Waals surface area (Å²) in [6.07, 6.45) is -3.15. The van der Waals surface area contributed by atoms with Crippen LogP contribution in [0.1, 0.15) is 44.1 Å². The first-order valence-corrected chi connectivity index (χ1v) is 17.2. The number of nitrogens with one attached hydrogen (secondary N) is 2. The van der Waals surface area contributed by atoms with Crippen LogP contribution in [0.4, 0.5) is 29.3 Å². The zero-order chi connectivity index (χ0) is 33.0. The summed E-state index contributed by atoms with van der Waals surface area (Å²) in [6.45, 7) is 7.40. The Morgan fingerprint density at radius 2 is 1.80 bits per heavy atom. The average Bonchev–Trinajstić information content (AvgIpc) is 3.29. The molecule has 244 valence electrons. The van der Waals surface area contributed by atoms with Gasteiger partial charge in [-0.05, 0) is 68.7 Å². The molecule has 1 saturated heterocycles. The number of rotatable bonds is 8. The van der Waals surface area contributed by atoms with Gasteiger partial charge in [-0.3, -0.25) is 0 Å². The van der Waals surface area contributed by atoms with Gasteiger partial charge in [0, 0.05) is 32.0 Å². The number of thiophene rings is 1. The van der Waals surface area contributed by atoms with Gasteiger partial charge in [0.2, 0.25) is 0 Å². The number of ether oxygens (including phenoxy) is 2. The van der Waals surface area contributed by atoms with E-state index in [1.807, 2.05) is 26.8 Å². The summed E-state index contributed by atoms with van der Waals surface area (Å²) in [7, 11) is -2.01. The second-order valence-corrected chi connectivity index (χ2v) is 15.0. The lowest BCUT2D eigenvalue weighted by molar-refractivity contribution is -0.126. The van der Waals surface area contributed by atoms with Crippen molar-refractivity contribution in [3.63, 3.8) is 0 Å². The van der Waals surface area contributed by atoms with Crippen LogP contribution in [0.25, 0.3) is 10.1 Å². The molecule has 1 aliphatic heterocycles. The number of anilines is 2. The fraction of sp³-hybridized carbons (Fsp3) is 0.469. The number of benzene rings is 2. The molecule has 0 radical (unpaired) electrons. The minimum Gasteiger partial charge on any atom is -0.495 e. The fourth-order valence-corrected chi connectivity index (χ4v) is 6.82. The predicted molar refractivity (Wildman–Crippen MR) is 172 cm³/mol. The highest BCUT2D eigenvalue weighted by Crippen LogP contribution is 2.39. The summed E-state index contributed by atoms with van der Waals surface area (Å²) in [6, 6.07) is 9.70. The number of fused-ring (bicyclic) bond motifs is 1. The molecule has 0 bridgehead atoms. The van der Waals surface area contributed by atoms with E-state index in [0.717, 1.165) is 24.8 Å². The monoisotopic (exact) mass is 665 g/mol. The van der Waals surface area contributed by atoms with Crippen LogP contribution in [0.2, 0.25) is 0 Å². The number of nitrogens with zero attached hydrogens (tertiary/aromatic N) is 1. The number of amides is 1. The molecule has 0 aliphatic carbocycles. The van der Waals surface area contributed by atoms with Gasteiger partial charge in [0.15, 0.2) is 9.84 Å². The Labute approximate surface area is 266 Å². The minimum absolute atomic E-state index is 0.0986. The van der Waals surface area contributed by atoms with Crippen molar-refractivity contribution in [3.05, 3.63) is 46.8 Å². The zero-order valence-corrected chi connectivity index (χ0v) is 27.6. The van der Waals surface area contributed by atoms with Crippen LogP contribution in [0, 0.1) is 17.8 Å². The first-order chi connectivity index (χ1) is 21.0. The maximum Gasteiger partial charge on any atom is 0.410 e. The number of sulfone groups is 1. The van der Waals surface area contributed by atoms with Crippen LogP contribution in [-0.2, 0) is 21.0 Å². The maximum atomic E-state index is 13.6. The van der Waals surface area contributed by atoms with Gasteiger partial charge in [0.05, 0.1) is 45.9 Å².